The molecule has 82 valence electrons. The van der Waals surface area contributed by atoms with E-state index in [0.717, 1.165) is 4.57 Å². The molecule has 0 aliphatic rings. The van der Waals surface area contributed by atoms with E-state index in [0.29, 0.717) is 5.69 Å². The van der Waals surface area contributed by atoms with Crippen LogP contribution in [0.2, 0.25) is 0 Å². The smallest absolute Gasteiger partial charge is 0.393 e. The van der Waals surface area contributed by atoms with Gasteiger partial charge in [0.2, 0.25) is 5.89 Å². The molecule has 0 radical (unpaired) electrons. The van der Waals surface area contributed by atoms with Crippen molar-refractivity contribution in [3.05, 3.63) is 57.3 Å². The topological polar surface area (TPSA) is 65.1 Å². The summed E-state index contributed by atoms with van der Waals surface area (Å²) in [4.78, 5) is 26.6. The van der Waals surface area contributed by atoms with E-state index in [1.165, 1.54) is 0 Å². The average molecular weight is 239 g/mol. The molecule has 0 spiro atoms. The number of alkyl halides is 1. The molecule has 1 aromatic carbocycles. The third-order valence-electron chi connectivity index (χ3n) is 1.93. The summed E-state index contributed by atoms with van der Waals surface area (Å²) >= 11 is 5.43. The number of hydrogen-bond acceptors (Lipinski definition) is 4. The lowest BCUT2D eigenvalue weighted by Gasteiger charge is -2.01. The summed E-state index contributed by atoms with van der Waals surface area (Å²) in [6, 6.07) is 8.41. The number of hydrogen-bond donors (Lipinski definition) is 0. The molecule has 0 bridgehead atoms. The summed E-state index contributed by atoms with van der Waals surface area (Å²) in [6.45, 7) is 0. The van der Waals surface area contributed by atoms with Crippen molar-refractivity contribution in [2.45, 2.75) is 5.88 Å². The largest absolute Gasteiger partial charge is 0.429 e. The Labute approximate surface area is 94.9 Å². The molecule has 0 aliphatic heterocycles. The highest BCUT2D eigenvalue weighted by molar-refractivity contribution is 6.16. The van der Waals surface area contributed by atoms with Crippen molar-refractivity contribution in [2.75, 3.05) is 0 Å². The van der Waals surface area contributed by atoms with E-state index in [-0.39, 0.29) is 11.8 Å². The Morgan fingerprint density at radius 1 is 1.25 bits per heavy atom. The number of rotatable bonds is 2. The summed E-state index contributed by atoms with van der Waals surface area (Å²) in [5.41, 5.74) is -0.284. The lowest BCUT2D eigenvalue weighted by atomic mass is 10.3. The molecule has 0 saturated carbocycles. The third-order valence-corrected chi connectivity index (χ3v) is 2.16. The molecule has 2 aromatic rings. The number of nitrogens with zero attached hydrogens (tertiary/aromatic N) is 2. The highest BCUT2D eigenvalue weighted by Crippen LogP contribution is 2.01. The van der Waals surface area contributed by atoms with Crippen molar-refractivity contribution >= 4 is 11.6 Å². The Bertz CT molecular complexity index is 572. The molecular weight excluding hydrogens is 232 g/mol. The second-order valence-electron chi connectivity index (χ2n) is 2.96. The van der Waals surface area contributed by atoms with E-state index >= 15 is 0 Å². The van der Waals surface area contributed by atoms with Gasteiger partial charge in [0.25, 0.3) is 0 Å². The zero-order valence-electron chi connectivity index (χ0n) is 8.09. The Morgan fingerprint density at radius 2 is 1.94 bits per heavy atom. The first-order valence-electron chi connectivity index (χ1n) is 4.47. The zero-order chi connectivity index (χ0) is 11.5. The van der Waals surface area contributed by atoms with E-state index in [9.17, 15) is 9.59 Å². The van der Waals surface area contributed by atoms with Gasteiger partial charge in [0.1, 0.15) is 0 Å². The Balaban J connectivity index is 2.68. The van der Waals surface area contributed by atoms with Gasteiger partial charge >= 0.3 is 11.4 Å². The molecular formula is C10H7ClN2O3. The molecule has 1 heterocycles. The fourth-order valence-electron chi connectivity index (χ4n) is 1.25. The standard InChI is InChI=1S/C10H7ClN2O3/c11-6-8-12-9(14)13(10(15)16-8)7-4-2-1-3-5-7/h1-5H,6H2. The quantitative estimate of drug-likeness (QED) is 0.730. The molecule has 6 heteroatoms. The highest BCUT2D eigenvalue weighted by Gasteiger charge is 2.08. The summed E-state index contributed by atoms with van der Waals surface area (Å²) in [5, 5.41) is 0. The lowest BCUT2D eigenvalue weighted by Crippen LogP contribution is -2.33. The Hall–Kier alpha value is -1.88. The van der Waals surface area contributed by atoms with Gasteiger partial charge in [-0.3, -0.25) is 0 Å². The highest BCUT2D eigenvalue weighted by atomic mass is 35.5. The van der Waals surface area contributed by atoms with Crippen LogP contribution in [0.1, 0.15) is 5.89 Å². The van der Waals surface area contributed by atoms with Gasteiger partial charge in [0.15, 0.2) is 0 Å². The van der Waals surface area contributed by atoms with Gasteiger partial charge in [0.05, 0.1) is 11.6 Å². The van der Waals surface area contributed by atoms with Crippen LogP contribution in [0.3, 0.4) is 0 Å². The van der Waals surface area contributed by atoms with Crippen LogP contribution in [0.5, 0.6) is 0 Å². The minimum absolute atomic E-state index is 0.0798. The van der Waals surface area contributed by atoms with Crippen molar-refractivity contribution in [3.8, 4) is 5.69 Å². The molecule has 16 heavy (non-hydrogen) atoms. The molecule has 0 N–H and O–H groups in total. The summed E-state index contributed by atoms with van der Waals surface area (Å²) in [6.07, 6.45) is 0. The van der Waals surface area contributed by atoms with E-state index in [1.807, 2.05) is 0 Å². The van der Waals surface area contributed by atoms with E-state index in [1.54, 1.807) is 30.3 Å². The minimum atomic E-state index is -0.790. The van der Waals surface area contributed by atoms with E-state index in [4.69, 9.17) is 16.0 Å². The van der Waals surface area contributed by atoms with Crippen molar-refractivity contribution in [1.82, 2.24) is 9.55 Å². The minimum Gasteiger partial charge on any atom is -0.393 e. The second-order valence-corrected chi connectivity index (χ2v) is 3.23. The Morgan fingerprint density at radius 3 is 2.50 bits per heavy atom. The maximum atomic E-state index is 11.6. The van der Waals surface area contributed by atoms with Crippen LogP contribution in [0.25, 0.3) is 5.69 Å². The van der Waals surface area contributed by atoms with Crippen LogP contribution in [-0.2, 0) is 5.88 Å². The van der Waals surface area contributed by atoms with Gasteiger partial charge in [-0.2, -0.15) is 9.55 Å². The van der Waals surface area contributed by atoms with Gasteiger partial charge in [-0.15, -0.1) is 11.6 Å². The molecule has 0 atom stereocenters. The summed E-state index contributed by atoms with van der Waals surface area (Å²) in [5.74, 6) is -0.981. The predicted molar refractivity (Wildman–Crippen MR) is 57.9 cm³/mol. The van der Waals surface area contributed by atoms with Gasteiger partial charge < -0.3 is 4.42 Å². The van der Waals surface area contributed by atoms with E-state index < -0.39 is 11.4 Å². The second kappa shape index (κ2) is 4.32. The van der Waals surface area contributed by atoms with Crippen LogP contribution in [0, 0.1) is 0 Å². The van der Waals surface area contributed by atoms with Crippen molar-refractivity contribution in [3.63, 3.8) is 0 Å². The van der Waals surface area contributed by atoms with Crippen LogP contribution < -0.4 is 11.4 Å². The third kappa shape index (κ3) is 1.90. The summed E-state index contributed by atoms with van der Waals surface area (Å²) in [7, 11) is 0. The van der Waals surface area contributed by atoms with Crippen LogP contribution in [-0.4, -0.2) is 9.55 Å². The number of para-hydroxylation sites is 1. The van der Waals surface area contributed by atoms with Gasteiger partial charge in [-0.25, -0.2) is 9.59 Å². The fraction of sp³-hybridized carbons (Fsp3) is 0.100. The zero-order valence-corrected chi connectivity index (χ0v) is 8.85. The molecule has 0 unspecified atom stereocenters. The Kier molecular flexibility index (Phi) is 2.87. The van der Waals surface area contributed by atoms with Gasteiger partial charge in [-0.05, 0) is 12.1 Å². The van der Waals surface area contributed by atoms with Crippen molar-refractivity contribution in [1.29, 1.82) is 0 Å². The van der Waals surface area contributed by atoms with Crippen LogP contribution in [0.4, 0.5) is 0 Å². The molecule has 0 saturated heterocycles. The van der Waals surface area contributed by atoms with Crippen molar-refractivity contribution in [2.24, 2.45) is 0 Å². The number of aromatic nitrogens is 2. The first kappa shape index (κ1) is 10.6. The summed E-state index contributed by atoms with van der Waals surface area (Å²) < 4.78 is 5.60. The molecule has 1 aromatic heterocycles. The average Bonchev–Trinajstić information content (AvgIpc) is 2.29. The van der Waals surface area contributed by atoms with Gasteiger partial charge in [-0.1, -0.05) is 18.2 Å². The maximum absolute atomic E-state index is 11.6. The predicted octanol–water partition coefficient (Wildman–Crippen LogP) is 0.925. The fourth-order valence-corrected chi connectivity index (χ4v) is 1.37. The first-order valence-corrected chi connectivity index (χ1v) is 5.00. The van der Waals surface area contributed by atoms with Gasteiger partial charge in [0, 0.05) is 0 Å². The normalized spacial score (nSPS) is 10.3. The maximum Gasteiger partial charge on any atom is 0.429 e. The molecule has 2 rings (SSSR count). The molecule has 5 nitrogen and oxygen atoms in total. The SMILES string of the molecule is O=c1nc(CCl)oc(=O)n1-c1ccccc1. The first-order chi connectivity index (χ1) is 7.72. The number of halogens is 1. The molecule has 0 amide bonds. The van der Waals surface area contributed by atoms with E-state index in [2.05, 4.69) is 4.98 Å². The van der Waals surface area contributed by atoms with Crippen LogP contribution >= 0.6 is 11.6 Å². The van der Waals surface area contributed by atoms with Crippen molar-refractivity contribution < 1.29 is 4.42 Å². The molecule has 0 fully saturated rings. The lowest BCUT2D eigenvalue weighted by molar-refractivity contribution is 0.400. The molecule has 0 aliphatic carbocycles. The number of benzene rings is 1. The van der Waals surface area contributed by atoms with Crippen LogP contribution in [0.15, 0.2) is 44.3 Å². The monoisotopic (exact) mass is 238 g/mol.